The molecule has 0 saturated carbocycles. The molecule has 0 bridgehead atoms. The van der Waals surface area contributed by atoms with Crippen LogP contribution in [0.4, 0.5) is 10.9 Å². The monoisotopic (exact) mass is 292 g/mol. The summed E-state index contributed by atoms with van der Waals surface area (Å²) >= 11 is 1.36. The lowest BCUT2D eigenvalue weighted by atomic mass is 10.4. The van der Waals surface area contributed by atoms with Crippen molar-refractivity contribution in [2.75, 3.05) is 17.2 Å². The van der Waals surface area contributed by atoms with Gasteiger partial charge in [-0.25, -0.2) is 4.98 Å². The molecule has 0 spiro atoms. The zero-order chi connectivity index (χ0) is 14.4. The summed E-state index contributed by atoms with van der Waals surface area (Å²) in [5.41, 5.74) is 0.249. The fourth-order valence-corrected chi connectivity index (χ4v) is 2.10. The van der Waals surface area contributed by atoms with Gasteiger partial charge in [0.05, 0.1) is 12.4 Å². The smallest absolute Gasteiger partial charge is 0.277 e. The van der Waals surface area contributed by atoms with Gasteiger partial charge in [-0.1, -0.05) is 25.2 Å². The van der Waals surface area contributed by atoms with Gasteiger partial charge >= 0.3 is 0 Å². The third kappa shape index (κ3) is 3.70. The third-order valence-corrected chi connectivity index (χ3v) is 3.40. The van der Waals surface area contributed by atoms with Crippen molar-refractivity contribution in [2.24, 2.45) is 0 Å². The minimum absolute atomic E-state index is 0.249. The van der Waals surface area contributed by atoms with Crippen molar-refractivity contribution in [1.29, 1.82) is 0 Å². The van der Waals surface area contributed by atoms with Crippen molar-refractivity contribution >= 4 is 28.2 Å². The van der Waals surface area contributed by atoms with Crippen molar-refractivity contribution in [3.05, 3.63) is 23.1 Å². The summed E-state index contributed by atoms with van der Waals surface area (Å²) in [6.07, 6.45) is 4.78. The molecule has 0 atom stereocenters. The Bertz CT molecular complexity index is 585. The summed E-state index contributed by atoms with van der Waals surface area (Å²) in [5.74, 6) is 0.252. The first kappa shape index (κ1) is 14.3. The number of hydrogen-bond donors (Lipinski definition) is 2. The molecule has 8 heteroatoms. The molecule has 0 saturated heterocycles. The SMILES string of the molecule is CCCNc1cncc(C(=O)Nc2nnc(CC)s2)n1. The number of nitrogens with one attached hydrogen (secondary N) is 2. The number of carbonyl (C=O) groups excluding carboxylic acids is 1. The number of aryl methyl sites for hydroxylation is 1. The molecule has 1 amide bonds. The molecule has 2 N–H and O–H groups in total. The first-order valence-corrected chi connectivity index (χ1v) is 7.24. The van der Waals surface area contributed by atoms with E-state index in [0.717, 1.165) is 24.4 Å². The predicted octanol–water partition coefficient (Wildman–Crippen LogP) is 1.96. The number of amides is 1. The van der Waals surface area contributed by atoms with Crippen LogP contribution in [0.2, 0.25) is 0 Å². The Kier molecular flexibility index (Phi) is 4.94. The lowest BCUT2D eigenvalue weighted by Gasteiger charge is -2.05. The quantitative estimate of drug-likeness (QED) is 0.845. The average molecular weight is 292 g/mol. The van der Waals surface area contributed by atoms with Crippen LogP contribution in [-0.4, -0.2) is 32.6 Å². The van der Waals surface area contributed by atoms with E-state index in [2.05, 4.69) is 37.7 Å². The van der Waals surface area contributed by atoms with E-state index >= 15 is 0 Å². The van der Waals surface area contributed by atoms with Gasteiger partial charge in [0.2, 0.25) is 5.13 Å². The molecular weight excluding hydrogens is 276 g/mol. The normalized spacial score (nSPS) is 10.3. The largest absolute Gasteiger partial charge is 0.369 e. The maximum Gasteiger partial charge on any atom is 0.277 e. The lowest BCUT2D eigenvalue weighted by molar-refractivity contribution is 0.102. The molecule has 7 nitrogen and oxygen atoms in total. The number of carbonyl (C=O) groups is 1. The number of aromatic nitrogens is 4. The minimum atomic E-state index is -0.337. The Morgan fingerprint density at radius 1 is 1.30 bits per heavy atom. The van der Waals surface area contributed by atoms with Crippen molar-refractivity contribution in [3.8, 4) is 0 Å². The maximum atomic E-state index is 12.0. The Morgan fingerprint density at radius 2 is 2.15 bits per heavy atom. The van der Waals surface area contributed by atoms with Gasteiger partial charge in [0.1, 0.15) is 16.5 Å². The third-order valence-electron chi connectivity index (χ3n) is 2.41. The van der Waals surface area contributed by atoms with Gasteiger partial charge < -0.3 is 5.32 Å². The van der Waals surface area contributed by atoms with Crippen LogP contribution in [0.3, 0.4) is 0 Å². The lowest BCUT2D eigenvalue weighted by Crippen LogP contribution is -2.15. The fraction of sp³-hybridized carbons (Fsp3) is 0.417. The van der Waals surface area contributed by atoms with Crippen LogP contribution >= 0.6 is 11.3 Å². The van der Waals surface area contributed by atoms with E-state index in [4.69, 9.17) is 0 Å². The minimum Gasteiger partial charge on any atom is -0.369 e. The number of nitrogens with zero attached hydrogens (tertiary/aromatic N) is 4. The molecule has 2 aromatic heterocycles. The number of hydrogen-bond acceptors (Lipinski definition) is 7. The standard InChI is InChI=1S/C12H16N6OS/c1-3-5-14-9-7-13-6-8(15-9)11(19)16-12-18-17-10(4-2)20-12/h6-7H,3-5H2,1-2H3,(H,14,15)(H,16,18,19). The molecule has 0 aliphatic rings. The second-order valence-corrected chi connectivity index (χ2v) is 5.09. The van der Waals surface area contributed by atoms with Gasteiger partial charge in [0.15, 0.2) is 0 Å². The Balaban J connectivity index is 2.04. The van der Waals surface area contributed by atoms with Crippen molar-refractivity contribution in [2.45, 2.75) is 26.7 Å². The summed E-state index contributed by atoms with van der Waals surface area (Å²) in [4.78, 5) is 20.2. The van der Waals surface area contributed by atoms with Crippen molar-refractivity contribution in [1.82, 2.24) is 20.2 Å². The van der Waals surface area contributed by atoms with Gasteiger partial charge in [-0.05, 0) is 12.8 Å². The Labute approximate surface area is 120 Å². The van der Waals surface area contributed by atoms with Crippen LogP contribution in [0.15, 0.2) is 12.4 Å². The molecule has 0 unspecified atom stereocenters. The number of rotatable bonds is 6. The molecule has 0 fully saturated rings. The average Bonchev–Trinajstić information content (AvgIpc) is 2.93. The van der Waals surface area contributed by atoms with Gasteiger partial charge in [-0.2, -0.15) is 0 Å². The molecular formula is C12H16N6OS. The molecule has 2 rings (SSSR count). The van der Waals surface area contributed by atoms with Gasteiger partial charge in [0.25, 0.3) is 5.91 Å². The van der Waals surface area contributed by atoms with Crippen molar-refractivity contribution < 1.29 is 4.79 Å². The van der Waals surface area contributed by atoms with Crippen molar-refractivity contribution in [3.63, 3.8) is 0 Å². The van der Waals surface area contributed by atoms with Crippen LogP contribution < -0.4 is 10.6 Å². The molecule has 0 aliphatic carbocycles. The highest BCUT2D eigenvalue weighted by atomic mass is 32.1. The highest BCUT2D eigenvalue weighted by Crippen LogP contribution is 2.16. The van der Waals surface area contributed by atoms with E-state index in [1.165, 1.54) is 17.5 Å². The fourth-order valence-electron chi connectivity index (χ4n) is 1.42. The molecule has 0 aliphatic heterocycles. The van der Waals surface area contributed by atoms with Crippen LogP contribution in [-0.2, 0) is 6.42 Å². The van der Waals surface area contributed by atoms with Gasteiger partial charge in [-0.3, -0.25) is 15.1 Å². The van der Waals surface area contributed by atoms with Crippen LogP contribution in [0, 0.1) is 0 Å². The van der Waals surface area contributed by atoms with E-state index in [-0.39, 0.29) is 11.6 Å². The summed E-state index contributed by atoms with van der Waals surface area (Å²) in [6, 6.07) is 0. The zero-order valence-electron chi connectivity index (χ0n) is 11.4. The molecule has 0 aromatic carbocycles. The second kappa shape index (κ2) is 6.90. The van der Waals surface area contributed by atoms with Crippen LogP contribution in [0.25, 0.3) is 0 Å². The first-order valence-electron chi connectivity index (χ1n) is 6.42. The van der Waals surface area contributed by atoms with Crippen LogP contribution in [0.1, 0.15) is 35.8 Å². The van der Waals surface area contributed by atoms with E-state index in [1.54, 1.807) is 6.20 Å². The second-order valence-electron chi connectivity index (χ2n) is 4.02. The van der Waals surface area contributed by atoms with Crippen LogP contribution in [0.5, 0.6) is 0 Å². The maximum absolute atomic E-state index is 12.0. The Hall–Kier alpha value is -2.09. The summed E-state index contributed by atoms with van der Waals surface area (Å²) in [7, 11) is 0. The summed E-state index contributed by atoms with van der Waals surface area (Å²) < 4.78 is 0. The Morgan fingerprint density at radius 3 is 2.85 bits per heavy atom. The van der Waals surface area contributed by atoms with Gasteiger partial charge in [-0.15, -0.1) is 10.2 Å². The zero-order valence-corrected chi connectivity index (χ0v) is 12.2. The van der Waals surface area contributed by atoms with E-state index in [1.807, 2.05) is 6.92 Å². The molecule has 20 heavy (non-hydrogen) atoms. The molecule has 2 aromatic rings. The topological polar surface area (TPSA) is 92.7 Å². The first-order chi connectivity index (χ1) is 9.72. The van der Waals surface area contributed by atoms with E-state index in [9.17, 15) is 4.79 Å². The van der Waals surface area contributed by atoms with E-state index < -0.39 is 0 Å². The van der Waals surface area contributed by atoms with Gasteiger partial charge in [0, 0.05) is 6.54 Å². The highest BCUT2D eigenvalue weighted by Gasteiger charge is 2.12. The van der Waals surface area contributed by atoms with E-state index in [0.29, 0.717) is 10.9 Å². The molecule has 0 radical (unpaired) electrons. The molecule has 2 heterocycles. The summed E-state index contributed by atoms with van der Waals surface area (Å²) in [6.45, 7) is 4.83. The molecule has 106 valence electrons. The summed E-state index contributed by atoms with van der Waals surface area (Å²) in [5, 5.41) is 15.0. The highest BCUT2D eigenvalue weighted by molar-refractivity contribution is 7.15. The number of anilines is 2. The predicted molar refractivity (Wildman–Crippen MR) is 78.1 cm³/mol.